The van der Waals surface area contributed by atoms with Crippen molar-refractivity contribution in [2.75, 3.05) is 12.4 Å². The highest BCUT2D eigenvalue weighted by Gasteiger charge is 2.10. The Morgan fingerprint density at radius 3 is 2.68 bits per heavy atom. The Hall–Kier alpha value is -3.26. The number of non-ortho nitro benzene ring substituents is 1. The van der Waals surface area contributed by atoms with Crippen molar-refractivity contribution in [2.45, 2.75) is 0 Å². The summed E-state index contributed by atoms with van der Waals surface area (Å²) in [6.07, 6.45) is 0. The Bertz CT molecular complexity index is 935. The third-order valence-electron chi connectivity index (χ3n) is 3.25. The van der Waals surface area contributed by atoms with Gasteiger partial charge < -0.3 is 10.1 Å². The fourth-order valence-corrected chi connectivity index (χ4v) is 2.28. The quantitative estimate of drug-likeness (QED) is 0.546. The number of rotatable bonds is 5. The molecule has 0 amide bonds. The summed E-state index contributed by atoms with van der Waals surface area (Å²) in [5.41, 5.74) is 1.12. The summed E-state index contributed by atoms with van der Waals surface area (Å²) in [5.74, 6) is 1.19. The molecule has 126 valence electrons. The van der Waals surface area contributed by atoms with E-state index in [1.165, 1.54) is 12.1 Å². The van der Waals surface area contributed by atoms with E-state index in [2.05, 4.69) is 20.3 Å². The molecule has 0 bridgehead atoms. The van der Waals surface area contributed by atoms with Crippen LogP contribution in [-0.2, 0) is 0 Å². The summed E-state index contributed by atoms with van der Waals surface area (Å²) in [6.45, 7) is 0. The Morgan fingerprint density at radius 2 is 1.92 bits per heavy atom. The molecular weight excluding hydrogens is 346 g/mol. The summed E-state index contributed by atoms with van der Waals surface area (Å²) >= 11 is 5.98. The van der Waals surface area contributed by atoms with Crippen LogP contribution in [0.15, 0.2) is 48.5 Å². The van der Waals surface area contributed by atoms with Gasteiger partial charge in [-0.05, 0) is 29.8 Å². The van der Waals surface area contributed by atoms with Gasteiger partial charge >= 0.3 is 0 Å². The summed E-state index contributed by atoms with van der Waals surface area (Å²) in [4.78, 5) is 22.8. The molecular formula is C16H12ClN5O3. The number of nitrogens with zero attached hydrogens (tertiary/aromatic N) is 4. The molecule has 3 rings (SSSR count). The van der Waals surface area contributed by atoms with Crippen molar-refractivity contribution in [3.05, 3.63) is 63.9 Å². The van der Waals surface area contributed by atoms with E-state index in [1.807, 2.05) is 6.07 Å². The number of nitro groups is 1. The second kappa shape index (κ2) is 7.10. The number of methoxy groups -OCH3 is 1. The van der Waals surface area contributed by atoms with E-state index >= 15 is 0 Å². The van der Waals surface area contributed by atoms with Crippen molar-refractivity contribution < 1.29 is 9.66 Å². The minimum atomic E-state index is -0.479. The van der Waals surface area contributed by atoms with E-state index in [0.717, 1.165) is 0 Å². The lowest BCUT2D eigenvalue weighted by Crippen LogP contribution is -2.02. The number of halogens is 1. The number of aromatic nitrogens is 3. The molecule has 0 unspecified atom stereocenters. The Kier molecular flexibility index (Phi) is 4.71. The van der Waals surface area contributed by atoms with Crippen LogP contribution in [-0.4, -0.2) is 27.0 Å². The fraction of sp³-hybridized carbons (Fsp3) is 0.0625. The fourth-order valence-electron chi connectivity index (χ4n) is 2.12. The number of benzene rings is 2. The molecule has 0 atom stereocenters. The molecule has 0 saturated carbocycles. The predicted molar refractivity (Wildman–Crippen MR) is 93.2 cm³/mol. The lowest BCUT2D eigenvalue weighted by molar-refractivity contribution is -0.384. The van der Waals surface area contributed by atoms with Crippen molar-refractivity contribution in [1.29, 1.82) is 0 Å². The van der Waals surface area contributed by atoms with Gasteiger partial charge in [0.25, 0.3) is 5.69 Å². The lowest BCUT2D eigenvalue weighted by Gasteiger charge is -2.08. The van der Waals surface area contributed by atoms with Gasteiger partial charge in [0.15, 0.2) is 5.82 Å². The number of nitrogens with one attached hydrogen (secondary N) is 1. The predicted octanol–water partition coefficient (Wildman–Crippen LogP) is 3.85. The first kappa shape index (κ1) is 16.6. The third-order valence-corrected chi connectivity index (χ3v) is 3.42. The number of hydrogen-bond acceptors (Lipinski definition) is 7. The van der Waals surface area contributed by atoms with Crippen LogP contribution in [0.25, 0.3) is 11.4 Å². The van der Waals surface area contributed by atoms with Crippen molar-refractivity contribution in [1.82, 2.24) is 15.0 Å². The van der Waals surface area contributed by atoms with Gasteiger partial charge in [0, 0.05) is 23.4 Å². The summed E-state index contributed by atoms with van der Waals surface area (Å²) < 4.78 is 5.18. The number of hydrogen-bond donors (Lipinski definition) is 1. The molecule has 0 saturated heterocycles. The average molecular weight is 358 g/mol. The maximum atomic E-state index is 10.9. The molecule has 0 aliphatic carbocycles. The van der Waals surface area contributed by atoms with Crippen molar-refractivity contribution in [3.8, 4) is 17.1 Å². The Labute approximate surface area is 147 Å². The standard InChI is InChI=1S/C16H12ClN5O3/c1-25-13-7-2-4-10(8-13)14-19-15(17)21-16(20-14)18-11-5-3-6-12(9-11)22(23)24/h2-9H,1H3,(H,18,19,20,21). The molecule has 2 aromatic carbocycles. The number of ether oxygens (including phenoxy) is 1. The molecule has 1 aromatic heterocycles. The maximum Gasteiger partial charge on any atom is 0.271 e. The zero-order valence-corrected chi connectivity index (χ0v) is 13.8. The van der Waals surface area contributed by atoms with Crippen LogP contribution < -0.4 is 10.1 Å². The van der Waals surface area contributed by atoms with E-state index in [1.54, 1.807) is 37.4 Å². The molecule has 0 radical (unpaired) electrons. The maximum absolute atomic E-state index is 10.9. The minimum Gasteiger partial charge on any atom is -0.497 e. The molecule has 0 aliphatic rings. The van der Waals surface area contributed by atoms with Gasteiger partial charge in [0.1, 0.15) is 5.75 Å². The highest BCUT2D eigenvalue weighted by Crippen LogP contribution is 2.24. The van der Waals surface area contributed by atoms with Crippen LogP contribution in [0.2, 0.25) is 5.28 Å². The molecule has 9 heteroatoms. The van der Waals surface area contributed by atoms with E-state index in [-0.39, 0.29) is 16.9 Å². The molecule has 0 fully saturated rings. The highest BCUT2D eigenvalue weighted by atomic mass is 35.5. The summed E-state index contributed by atoms with van der Waals surface area (Å²) in [7, 11) is 1.56. The van der Waals surface area contributed by atoms with E-state index in [0.29, 0.717) is 22.8 Å². The highest BCUT2D eigenvalue weighted by molar-refractivity contribution is 6.28. The van der Waals surface area contributed by atoms with Crippen LogP contribution in [0.3, 0.4) is 0 Å². The van der Waals surface area contributed by atoms with E-state index < -0.39 is 4.92 Å². The Balaban J connectivity index is 1.94. The largest absolute Gasteiger partial charge is 0.497 e. The molecule has 1 N–H and O–H groups in total. The monoisotopic (exact) mass is 357 g/mol. The number of anilines is 2. The second-order valence-electron chi connectivity index (χ2n) is 4.92. The van der Waals surface area contributed by atoms with Gasteiger partial charge in [0.2, 0.25) is 11.2 Å². The van der Waals surface area contributed by atoms with Gasteiger partial charge in [-0.1, -0.05) is 18.2 Å². The molecule has 3 aromatic rings. The second-order valence-corrected chi connectivity index (χ2v) is 5.25. The first-order chi connectivity index (χ1) is 12.0. The summed E-state index contributed by atoms with van der Waals surface area (Å²) in [5, 5.41) is 13.8. The van der Waals surface area contributed by atoms with Crippen molar-refractivity contribution in [3.63, 3.8) is 0 Å². The molecule has 0 aliphatic heterocycles. The average Bonchev–Trinajstić information content (AvgIpc) is 2.61. The SMILES string of the molecule is COc1cccc(-c2nc(Cl)nc(Nc3cccc([N+](=O)[O-])c3)n2)c1. The van der Waals surface area contributed by atoms with Gasteiger partial charge in [-0.3, -0.25) is 10.1 Å². The van der Waals surface area contributed by atoms with Gasteiger partial charge in [-0.15, -0.1) is 0 Å². The first-order valence-electron chi connectivity index (χ1n) is 7.12. The first-order valence-corrected chi connectivity index (χ1v) is 7.50. The zero-order valence-electron chi connectivity index (χ0n) is 13.0. The van der Waals surface area contributed by atoms with Crippen LogP contribution in [0, 0.1) is 10.1 Å². The van der Waals surface area contributed by atoms with Crippen LogP contribution >= 0.6 is 11.6 Å². The molecule has 25 heavy (non-hydrogen) atoms. The zero-order chi connectivity index (χ0) is 17.8. The molecule has 0 spiro atoms. The van der Waals surface area contributed by atoms with Gasteiger partial charge in [0.05, 0.1) is 12.0 Å². The normalized spacial score (nSPS) is 10.3. The van der Waals surface area contributed by atoms with Crippen molar-refractivity contribution in [2.24, 2.45) is 0 Å². The van der Waals surface area contributed by atoms with Crippen molar-refractivity contribution >= 4 is 28.9 Å². The van der Waals surface area contributed by atoms with Crippen LogP contribution in [0.5, 0.6) is 5.75 Å². The lowest BCUT2D eigenvalue weighted by atomic mass is 10.2. The third kappa shape index (κ3) is 3.99. The topological polar surface area (TPSA) is 103 Å². The Morgan fingerprint density at radius 1 is 1.12 bits per heavy atom. The van der Waals surface area contributed by atoms with Crippen LogP contribution in [0.4, 0.5) is 17.3 Å². The van der Waals surface area contributed by atoms with E-state index in [9.17, 15) is 10.1 Å². The van der Waals surface area contributed by atoms with Gasteiger partial charge in [-0.2, -0.15) is 15.0 Å². The molecule has 8 nitrogen and oxygen atoms in total. The van der Waals surface area contributed by atoms with Gasteiger partial charge in [-0.25, -0.2) is 0 Å². The van der Waals surface area contributed by atoms with Crippen LogP contribution in [0.1, 0.15) is 0 Å². The smallest absolute Gasteiger partial charge is 0.271 e. The molecule has 1 heterocycles. The number of nitro benzene ring substituents is 1. The summed E-state index contributed by atoms with van der Waals surface area (Å²) in [6, 6.07) is 13.2. The minimum absolute atomic E-state index is 0.000695. The van der Waals surface area contributed by atoms with E-state index in [4.69, 9.17) is 16.3 Å².